The van der Waals surface area contributed by atoms with Crippen LogP contribution >= 0.6 is 11.3 Å². The zero-order valence-corrected chi connectivity index (χ0v) is 12.3. The smallest absolute Gasteiger partial charge is 0.260 e. The third kappa shape index (κ3) is 2.23. The van der Waals surface area contributed by atoms with E-state index in [1.165, 1.54) is 22.5 Å². The lowest BCUT2D eigenvalue weighted by Crippen LogP contribution is -2.13. The Bertz CT molecular complexity index is 777. The van der Waals surface area contributed by atoms with Gasteiger partial charge in [0.05, 0.1) is 10.6 Å². The number of aryl methyl sites for hydroxylation is 1. The number of thiophene rings is 1. The molecule has 106 valence electrons. The van der Waals surface area contributed by atoms with E-state index in [0.29, 0.717) is 11.8 Å². The molecule has 2 aromatic heterocycles. The fourth-order valence-corrected chi connectivity index (χ4v) is 3.56. The van der Waals surface area contributed by atoms with Crippen LogP contribution in [0.3, 0.4) is 0 Å². The highest BCUT2D eigenvalue weighted by Crippen LogP contribution is 2.34. The van der Waals surface area contributed by atoms with Gasteiger partial charge in [0, 0.05) is 5.92 Å². The first-order valence-corrected chi connectivity index (χ1v) is 7.93. The maximum Gasteiger partial charge on any atom is 0.260 e. The van der Waals surface area contributed by atoms with Gasteiger partial charge in [-0.3, -0.25) is 0 Å². The molecule has 2 heterocycles. The molecule has 0 fully saturated rings. The Morgan fingerprint density at radius 1 is 1.19 bits per heavy atom. The minimum absolute atomic E-state index is 0.331. The molecule has 21 heavy (non-hydrogen) atoms. The van der Waals surface area contributed by atoms with Crippen LogP contribution in [0.2, 0.25) is 0 Å². The van der Waals surface area contributed by atoms with Gasteiger partial charge < -0.3 is 10.3 Å². The number of anilines is 1. The van der Waals surface area contributed by atoms with Crippen LogP contribution < -0.4 is 5.73 Å². The number of benzene rings is 1. The molecule has 0 radical (unpaired) electrons. The first kappa shape index (κ1) is 12.6. The molecule has 0 saturated carbocycles. The van der Waals surface area contributed by atoms with Crippen LogP contribution in [-0.2, 0) is 12.8 Å². The van der Waals surface area contributed by atoms with Crippen molar-refractivity contribution in [1.29, 1.82) is 0 Å². The zero-order chi connectivity index (χ0) is 14.2. The second-order valence-electron chi connectivity index (χ2n) is 5.36. The van der Waals surface area contributed by atoms with Crippen molar-refractivity contribution in [2.24, 2.45) is 0 Å². The Labute approximate surface area is 126 Å². The number of nitrogens with two attached hydrogens (primary N) is 1. The van der Waals surface area contributed by atoms with Crippen molar-refractivity contribution in [3.63, 3.8) is 0 Å². The zero-order valence-electron chi connectivity index (χ0n) is 11.5. The third-order valence-electron chi connectivity index (χ3n) is 4.08. The molecular formula is C16H15N3OS. The maximum atomic E-state index is 5.91. The molecule has 1 aliphatic rings. The summed E-state index contributed by atoms with van der Waals surface area (Å²) in [5.74, 6) is 1.66. The Kier molecular flexibility index (Phi) is 3.00. The molecule has 0 saturated heterocycles. The fraction of sp³-hybridized carbons (Fsp3) is 0.250. The number of aromatic nitrogens is 2. The summed E-state index contributed by atoms with van der Waals surface area (Å²) in [6.07, 6.45) is 3.12. The second-order valence-corrected chi connectivity index (χ2v) is 6.31. The largest absolute Gasteiger partial charge is 0.390 e. The minimum Gasteiger partial charge on any atom is -0.390 e. The van der Waals surface area contributed by atoms with Crippen LogP contribution in [0.4, 0.5) is 5.00 Å². The summed E-state index contributed by atoms with van der Waals surface area (Å²) in [6.45, 7) is 0. The molecule has 1 aliphatic carbocycles. The summed E-state index contributed by atoms with van der Waals surface area (Å²) >= 11 is 1.48. The first-order chi connectivity index (χ1) is 10.3. The van der Waals surface area contributed by atoms with Gasteiger partial charge in [-0.1, -0.05) is 29.4 Å². The molecule has 1 unspecified atom stereocenters. The lowest BCUT2D eigenvalue weighted by molar-refractivity contribution is 0.410. The molecule has 1 aromatic carbocycles. The molecule has 0 spiro atoms. The van der Waals surface area contributed by atoms with E-state index >= 15 is 0 Å². The van der Waals surface area contributed by atoms with Crippen molar-refractivity contribution >= 4 is 16.3 Å². The average molecular weight is 297 g/mol. The van der Waals surface area contributed by atoms with Crippen LogP contribution in [0.1, 0.15) is 29.3 Å². The third-order valence-corrected chi connectivity index (χ3v) is 4.83. The predicted molar refractivity (Wildman–Crippen MR) is 83.2 cm³/mol. The van der Waals surface area contributed by atoms with E-state index < -0.39 is 0 Å². The van der Waals surface area contributed by atoms with Gasteiger partial charge in [-0.2, -0.15) is 4.98 Å². The molecule has 3 aromatic rings. The van der Waals surface area contributed by atoms with Crippen molar-refractivity contribution in [3.8, 4) is 11.5 Å². The molecule has 4 rings (SSSR count). The summed E-state index contributed by atoms with van der Waals surface area (Å²) in [4.78, 5) is 4.56. The molecular weight excluding hydrogens is 282 g/mol. The quantitative estimate of drug-likeness (QED) is 0.784. The molecule has 4 nitrogen and oxygen atoms in total. The number of nitrogens with zero attached hydrogens (tertiary/aromatic N) is 2. The van der Waals surface area contributed by atoms with Crippen LogP contribution in [0.25, 0.3) is 11.5 Å². The van der Waals surface area contributed by atoms with Crippen molar-refractivity contribution in [2.75, 3.05) is 5.73 Å². The van der Waals surface area contributed by atoms with Crippen LogP contribution in [0.15, 0.2) is 40.2 Å². The van der Waals surface area contributed by atoms with E-state index in [1.807, 2.05) is 11.4 Å². The summed E-state index contributed by atoms with van der Waals surface area (Å²) in [7, 11) is 0. The fourth-order valence-electron chi connectivity index (χ4n) is 2.93. The van der Waals surface area contributed by atoms with E-state index in [0.717, 1.165) is 35.7 Å². The number of rotatable bonds is 2. The number of nitrogen functional groups attached to an aromatic ring is 1. The summed E-state index contributed by atoms with van der Waals surface area (Å²) in [5, 5.41) is 6.83. The highest BCUT2D eigenvalue weighted by atomic mass is 32.1. The highest BCUT2D eigenvalue weighted by Gasteiger charge is 2.24. The summed E-state index contributed by atoms with van der Waals surface area (Å²) < 4.78 is 5.40. The average Bonchev–Trinajstić information content (AvgIpc) is 3.15. The van der Waals surface area contributed by atoms with Crippen molar-refractivity contribution in [3.05, 3.63) is 52.7 Å². The minimum atomic E-state index is 0.331. The van der Waals surface area contributed by atoms with E-state index in [9.17, 15) is 0 Å². The number of hydrogen-bond acceptors (Lipinski definition) is 5. The molecule has 0 amide bonds. The molecule has 0 aliphatic heterocycles. The standard InChI is InChI=1S/C16H15N3OS/c17-14-13(7-8-21-14)16-18-15(19-20-16)12-6-5-10-3-1-2-4-11(10)9-12/h1-4,7-8,12H,5-6,9,17H2. The van der Waals surface area contributed by atoms with Gasteiger partial charge in [-0.25, -0.2) is 0 Å². The lowest BCUT2D eigenvalue weighted by atomic mass is 9.83. The van der Waals surface area contributed by atoms with E-state index in [4.69, 9.17) is 10.3 Å². The Morgan fingerprint density at radius 2 is 2.05 bits per heavy atom. The molecule has 5 heteroatoms. The van der Waals surface area contributed by atoms with Gasteiger partial charge in [0.1, 0.15) is 0 Å². The highest BCUT2D eigenvalue weighted by molar-refractivity contribution is 7.14. The van der Waals surface area contributed by atoms with E-state index in [1.54, 1.807) is 0 Å². The van der Waals surface area contributed by atoms with Gasteiger partial charge in [0.25, 0.3) is 5.89 Å². The topological polar surface area (TPSA) is 64.9 Å². The monoisotopic (exact) mass is 297 g/mol. The van der Waals surface area contributed by atoms with Gasteiger partial charge in [0.15, 0.2) is 5.82 Å². The van der Waals surface area contributed by atoms with Crippen molar-refractivity contribution in [2.45, 2.75) is 25.2 Å². The molecule has 1 atom stereocenters. The van der Waals surface area contributed by atoms with Crippen LogP contribution in [0.5, 0.6) is 0 Å². The molecule has 2 N–H and O–H groups in total. The Hall–Kier alpha value is -2.14. The second kappa shape index (κ2) is 5.00. The van der Waals surface area contributed by atoms with Gasteiger partial charge in [-0.05, 0) is 41.8 Å². The van der Waals surface area contributed by atoms with Crippen molar-refractivity contribution < 1.29 is 4.52 Å². The normalized spacial score (nSPS) is 17.6. The Balaban J connectivity index is 1.61. The van der Waals surface area contributed by atoms with Crippen molar-refractivity contribution in [1.82, 2.24) is 10.1 Å². The lowest BCUT2D eigenvalue weighted by Gasteiger charge is -2.21. The SMILES string of the molecule is Nc1sccc1-c1nc(C2CCc3ccccc3C2)no1. The van der Waals surface area contributed by atoms with Gasteiger partial charge in [0.2, 0.25) is 0 Å². The molecule has 0 bridgehead atoms. The Morgan fingerprint density at radius 3 is 2.86 bits per heavy atom. The van der Waals surface area contributed by atoms with E-state index in [-0.39, 0.29) is 0 Å². The first-order valence-electron chi connectivity index (χ1n) is 7.05. The van der Waals surface area contributed by atoms with Gasteiger partial charge in [-0.15, -0.1) is 11.3 Å². The maximum absolute atomic E-state index is 5.91. The predicted octanol–water partition coefficient (Wildman–Crippen LogP) is 3.65. The number of fused-ring (bicyclic) bond motifs is 1. The summed E-state index contributed by atoms with van der Waals surface area (Å²) in [6, 6.07) is 10.5. The van der Waals surface area contributed by atoms with Gasteiger partial charge >= 0.3 is 0 Å². The number of hydrogen-bond donors (Lipinski definition) is 1. The van der Waals surface area contributed by atoms with Crippen LogP contribution in [-0.4, -0.2) is 10.1 Å². The van der Waals surface area contributed by atoms with E-state index in [2.05, 4.69) is 34.4 Å². The van der Waals surface area contributed by atoms with Crippen LogP contribution in [0, 0.1) is 0 Å². The summed E-state index contributed by atoms with van der Waals surface area (Å²) in [5.41, 5.74) is 9.60.